The first-order chi connectivity index (χ1) is 33.3. The number of methoxy groups -OCH3 is 1. The van der Waals surface area contributed by atoms with Crippen molar-refractivity contribution in [3.63, 3.8) is 0 Å². The van der Waals surface area contributed by atoms with E-state index < -0.39 is 66.2 Å². The van der Waals surface area contributed by atoms with E-state index in [1.54, 1.807) is 23.1 Å². The van der Waals surface area contributed by atoms with Gasteiger partial charge in [-0.1, -0.05) is 0 Å². The number of carbonyl (C=O) groups is 4. The molecule has 3 unspecified atom stereocenters. The van der Waals surface area contributed by atoms with Crippen LogP contribution in [-0.4, -0.2) is 110 Å². The molecular weight excluding hydrogens is 929 g/mol. The van der Waals surface area contributed by atoms with E-state index in [4.69, 9.17) is 14.2 Å². The number of aryl methyl sites for hydroxylation is 1. The Hall–Kier alpha value is -7.89. The molecule has 19 nitrogen and oxygen atoms in total. The molecule has 364 valence electrons. The number of nitrogens with zero attached hydrogens (tertiary/aromatic N) is 5. The number of hydrogen-bond donors (Lipinski definition) is 5. The van der Waals surface area contributed by atoms with Crippen LogP contribution in [0.4, 0.5) is 28.9 Å². The Morgan fingerprint density at radius 2 is 1.66 bits per heavy atom. The zero-order valence-corrected chi connectivity index (χ0v) is 37.3. The van der Waals surface area contributed by atoms with Crippen LogP contribution in [0, 0.1) is 18.7 Å². The lowest BCUT2D eigenvalue weighted by atomic mass is 9.98. The standard InChI is InChI=1S/C47H42F4N8O11/c1-22-40(41(62)30-14-27(70-47(49,50)51)6-8-33(30)57(22)2)44(65)55-26-5-10-35(31(48)13-26)69-45-29-15-36(67-3)37(16-32(29)52-21-53-45)68-20-39(61)58-17-24(18-58)42(63)54-25-4-7-28-23(12-25)19-59(46(28)66)34-9-11-38(60)56-43(34)64/h4-8,10,12-16,21,24,34,38,43,56,60,64H,9,11,17-20H2,1-3H3,(H,54,63)(H,55,65). The summed E-state index contributed by atoms with van der Waals surface area (Å²) in [7, 11) is 2.89. The third-order valence-electron chi connectivity index (χ3n) is 12.4. The van der Waals surface area contributed by atoms with Gasteiger partial charge in [-0.3, -0.25) is 29.3 Å². The molecule has 2 fully saturated rings. The molecule has 6 aromatic rings. The molecule has 3 aliphatic rings. The Labute approximate surface area is 393 Å². The van der Waals surface area contributed by atoms with Crippen LogP contribution in [0.15, 0.2) is 77.9 Å². The molecule has 9 rings (SSSR count). The lowest BCUT2D eigenvalue weighted by Gasteiger charge is -2.38. The summed E-state index contributed by atoms with van der Waals surface area (Å²) < 4.78 is 76.8. The lowest BCUT2D eigenvalue weighted by molar-refractivity contribution is -0.274. The molecule has 4 aromatic carbocycles. The van der Waals surface area contributed by atoms with Crippen LogP contribution < -0.4 is 40.3 Å². The molecule has 5 heterocycles. The predicted octanol–water partition coefficient (Wildman–Crippen LogP) is 4.70. The highest BCUT2D eigenvalue weighted by molar-refractivity contribution is 6.07. The van der Waals surface area contributed by atoms with Crippen molar-refractivity contribution < 1.29 is 65.9 Å². The van der Waals surface area contributed by atoms with Gasteiger partial charge in [0, 0.05) is 61.4 Å². The molecule has 2 saturated heterocycles. The number of benzene rings is 4. The highest BCUT2D eigenvalue weighted by Crippen LogP contribution is 2.38. The molecule has 2 aromatic heterocycles. The number of piperidine rings is 1. The number of nitrogens with one attached hydrogen (secondary N) is 3. The maximum absolute atomic E-state index is 15.6. The van der Waals surface area contributed by atoms with Crippen molar-refractivity contribution in [3.05, 3.63) is 111 Å². The number of ether oxygens (including phenoxy) is 4. The van der Waals surface area contributed by atoms with E-state index >= 15 is 4.39 Å². The van der Waals surface area contributed by atoms with Gasteiger partial charge in [-0.15, -0.1) is 13.2 Å². The van der Waals surface area contributed by atoms with E-state index in [0.29, 0.717) is 29.7 Å². The molecule has 70 heavy (non-hydrogen) atoms. The number of halogens is 4. The second kappa shape index (κ2) is 18.5. The summed E-state index contributed by atoms with van der Waals surface area (Å²) >= 11 is 0. The van der Waals surface area contributed by atoms with Crippen LogP contribution in [-0.2, 0) is 23.2 Å². The highest BCUT2D eigenvalue weighted by atomic mass is 19.4. The maximum Gasteiger partial charge on any atom is 0.573 e. The molecule has 0 aliphatic carbocycles. The van der Waals surface area contributed by atoms with Gasteiger partial charge in [-0.05, 0) is 79.9 Å². The van der Waals surface area contributed by atoms with Gasteiger partial charge in [0.05, 0.1) is 40.9 Å². The second-order valence-corrected chi connectivity index (χ2v) is 16.8. The first-order valence-corrected chi connectivity index (χ1v) is 21.6. The minimum atomic E-state index is -5.01. The van der Waals surface area contributed by atoms with Crippen molar-refractivity contribution in [2.75, 3.05) is 37.4 Å². The monoisotopic (exact) mass is 970 g/mol. The van der Waals surface area contributed by atoms with Crippen molar-refractivity contribution in [1.29, 1.82) is 0 Å². The van der Waals surface area contributed by atoms with Crippen LogP contribution >= 0.6 is 0 Å². The average molecular weight is 971 g/mol. The van der Waals surface area contributed by atoms with Gasteiger partial charge < -0.3 is 54.2 Å². The number of fused-ring (bicyclic) bond motifs is 3. The van der Waals surface area contributed by atoms with Gasteiger partial charge in [0.25, 0.3) is 17.7 Å². The van der Waals surface area contributed by atoms with E-state index in [1.165, 1.54) is 60.9 Å². The SMILES string of the molecule is COc1cc2c(Oc3ccc(NC(=O)c4c(C)n(C)c5ccc(OC(F)(F)F)cc5c4=O)cc3F)ncnc2cc1OCC(=O)N1CC(C(=O)Nc2ccc3c(c2)CN(C2CCC(O)NC2O)C3=O)C1. The molecule has 0 spiro atoms. The molecule has 0 radical (unpaired) electrons. The number of alkyl halides is 3. The van der Waals surface area contributed by atoms with E-state index in [-0.39, 0.29) is 93.3 Å². The van der Waals surface area contributed by atoms with E-state index in [2.05, 4.69) is 30.7 Å². The number of pyridine rings is 1. The zero-order valence-electron chi connectivity index (χ0n) is 37.3. The first-order valence-electron chi connectivity index (χ1n) is 21.6. The third kappa shape index (κ3) is 9.32. The number of hydrogen-bond acceptors (Lipinski definition) is 14. The van der Waals surface area contributed by atoms with Crippen molar-refractivity contribution in [3.8, 4) is 28.9 Å². The van der Waals surface area contributed by atoms with Gasteiger partial charge in [-0.25, -0.2) is 14.4 Å². The number of aliphatic hydroxyl groups excluding tert-OH is 2. The molecule has 4 amide bonds. The number of likely N-dealkylation sites (tertiary alicyclic amines) is 1. The Morgan fingerprint density at radius 3 is 2.39 bits per heavy atom. The van der Waals surface area contributed by atoms with Gasteiger partial charge in [0.2, 0.25) is 17.2 Å². The number of anilines is 2. The quantitative estimate of drug-likeness (QED) is 0.105. The Kier molecular flexibility index (Phi) is 12.5. The van der Waals surface area contributed by atoms with Crippen LogP contribution in [0.3, 0.4) is 0 Å². The number of aliphatic hydroxyl groups is 2. The van der Waals surface area contributed by atoms with E-state index in [9.17, 15) is 47.4 Å². The van der Waals surface area contributed by atoms with Gasteiger partial charge in [0.1, 0.15) is 30.1 Å². The van der Waals surface area contributed by atoms with Crippen LogP contribution in [0.1, 0.15) is 44.8 Å². The fourth-order valence-corrected chi connectivity index (χ4v) is 8.67. The molecule has 3 atom stereocenters. The minimum absolute atomic E-state index is 0.0745. The lowest BCUT2D eigenvalue weighted by Crippen LogP contribution is -2.56. The number of carbonyl (C=O) groups excluding carboxylic acids is 4. The van der Waals surface area contributed by atoms with Crippen LogP contribution in [0.2, 0.25) is 0 Å². The van der Waals surface area contributed by atoms with E-state index in [1.807, 2.05) is 0 Å². The third-order valence-corrected chi connectivity index (χ3v) is 12.4. The second-order valence-electron chi connectivity index (χ2n) is 16.8. The smallest absolute Gasteiger partial charge is 0.493 e. The average Bonchev–Trinajstić information content (AvgIpc) is 3.61. The molecule has 5 N–H and O–H groups in total. The van der Waals surface area contributed by atoms with Crippen molar-refractivity contribution in [2.24, 2.45) is 13.0 Å². The molecule has 0 saturated carbocycles. The van der Waals surface area contributed by atoms with Gasteiger partial charge >= 0.3 is 6.36 Å². The molecule has 3 aliphatic heterocycles. The first kappa shape index (κ1) is 47.2. The van der Waals surface area contributed by atoms with Gasteiger partial charge in [0.15, 0.2) is 29.7 Å². The zero-order chi connectivity index (χ0) is 49.8. The fraction of sp³-hybridized carbons (Fsp3) is 0.298. The topological polar surface area (TPSA) is 236 Å². The van der Waals surface area contributed by atoms with Crippen molar-refractivity contribution in [1.82, 2.24) is 29.7 Å². The van der Waals surface area contributed by atoms with Crippen molar-refractivity contribution >= 4 is 56.8 Å². The van der Waals surface area contributed by atoms with Gasteiger partial charge in [-0.2, -0.15) is 0 Å². The largest absolute Gasteiger partial charge is 0.573 e. The normalized spacial score (nSPS) is 18.1. The summed E-state index contributed by atoms with van der Waals surface area (Å²) in [6.07, 6.45) is -4.98. The fourth-order valence-electron chi connectivity index (χ4n) is 8.67. The Balaban J connectivity index is 0.803. The summed E-state index contributed by atoms with van der Waals surface area (Å²) in [4.78, 5) is 77.6. The highest BCUT2D eigenvalue weighted by Gasteiger charge is 2.40. The minimum Gasteiger partial charge on any atom is -0.493 e. The number of amides is 4. The summed E-state index contributed by atoms with van der Waals surface area (Å²) in [6, 6.07) is 14.0. The summed E-state index contributed by atoms with van der Waals surface area (Å²) in [5.74, 6) is -4.11. The molecule has 23 heteroatoms. The Bertz CT molecular complexity index is 3180. The van der Waals surface area contributed by atoms with E-state index in [0.717, 1.165) is 24.5 Å². The summed E-state index contributed by atoms with van der Waals surface area (Å²) in [6.45, 7) is 1.57. The van der Waals surface area contributed by atoms with Crippen LogP contribution in [0.25, 0.3) is 21.8 Å². The maximum atomic E-state index is 15.6. The van der Waals surface area contributed by atoms with Crippen molar-refractivity contribution in [2.45, 2.75) is 51.2 Å². The summed E-state index contributed by atoms with van der Waals surface area (Å²) in [5.41, 5.74) is 1.02. The number of rotatable bonds is 12. The molecule has 0 bridgehead atoms. The summed E-state index contributed by atoms with van der Waals surface area (Å²) in [5, 5.41) is 28.2. The Morgan fingerprint density at radius 1 is 0.900 bits per heavy atom. The molecular formula is C47H42F4N8O11. The number of aromatic nitrogens is 3. The predicted molar refractivity (Wildman–Crippen MR) is 240 cm³/mol. The van der Waals surface area contributed by atoms with Crippen LogP contribution in [0.5, 0.6) is 28.9 Å².